The maximum Gasteiger partial charge on any atom is 0.228 e. The van der Waals surface area contributed by atoms with Crippen LogP contribution in [0.4, 0.5) is 5.69 Å². The quantitative estimate of drug-likeness (QED) is 0.321. The summed E-state index contributed by atoms with van der Waals surface area (Å²) >= 11 is 0. The Morgan fingerprint density at radius 3 is 2.39 bits per heavy atom. The number of anilines is 1. The van der Waals surface area contributed by atoms with Crippen LogP contribution in [0.25, 0.3) is 11.1 Å². The van der Waals surface area contributed by atoms with E-state index < -0.39 is 0 Å². The fourth-order valence-electron chi connectivity index (χ4n) is 4.32. The van der Waals surface area contributed by atoms with Gasteiger partial charge in [0.05, 0.1) is 12.3 Å². The molecular formula is C27H28N2O2. The largest absolute Gasteiger partial charge is 0.411 e. The van der Waals surface area contributed by atoms with E-state index in [0.29, 0.717) is 18.7 Å². The van der Waals surface area contributed by atoms with E-state index in [1.165, 1.54) is 5.56 Å². The Bertz CT molecular complexity index is 1150. The zero-order valence-corrected chi connectivity index (χ0v) is 18.5. The summed E-state index contributed by atoms with van der Waals surface area (Å²) in [5.74, 6) is 0.106. The normalized spacial score (nSPS) is 15.7. The van der Waals surface area contributed by atoms with E-state index in [1.54, 1.807) is 6.92 Å². The number of hydrogen-bond donors (Lipinski definition) is 1. The monoisotopic (exact) mass is 412 g/mol. The number of nitrogens with zero attached hydrogens (tertiary/aromatic N) is 2. The highest BCUT2D eigenvalue weighted by atomic mass is 16.4. The van der Waals surface area contributed by atoms with Crippen LogP contribution >= 0.6 is 0 Å². The molecule has 0 bridgehead atoms. The first-order valence-corrected chi connectivity index (χ1v) is 10.6. The van der Waals surface area contributed by atoms with Gasteiger partial charge in [0.15, 0.2) is 0 Å². The highest BCUT2D eigenvalue weighted by Crippen LogP contribution is 2.44. The van der Waals surface area contributed by atoms with Crippen LogP contribution in [0.15, 0.2) is 71.9 Å². The minimum Gasteiger partial charge on any atom is -0.411 e. The van der Waals surface area contributed by atoms with E-state index in [9.17, 15) is 10.0 Å². The summed E-state index contributed by atoms with van der Waals surface area (Å²) in [5.41, 5.74) is 7.43. The lowest BCUT2D eigenvalue weighted by molar-refractivity contribution is -0.120. The number of oxime groups is 1. The molecule has 1 aliphatic rings. The summed E-state index contributed by atoms with van der Waals surface area (Å²) in [6, 6.07) is 22.6. The van der Waals surface area contributed by atoms with Crippen molar-refractivity contribution in [3.8, 4) is 11.1 Å². The van der Waals surface area contributed by atoms with Gasteiger partial charge in [0.25, 0.3) is 0 Å². The van der Waals surface area contributed by atoms with Gasteiger partial charge in [-0.25, -0.2) is 0 Å². The Labute approximate surface area is 183 Å². The first kappa shape index (κ1) is 20.9. The predicted octanol–water partition coefficient (Wildman–Crippen LogP) is 6.07. The van der Waals surface area contributed by atoms with Crippen LogP contribution in [0.3, 0.4) is 0 Å². The Morgan fingerprint density at radius 2 is 1.74 bits per heavy atom. The third-order valence-corrected chi connectivity index (χ3v) is 6.14. The second-order valence-corrected chi connectivity index (χ2v) is 8.99. The van der Waals surface area contributed by atoms with E-state index in [-0.39, 0.29) is 11.3 Å². The average molecular weight is 413 g/mol. The van der Waals surface area contributed by atoms with Crippen molar-refractivity contribution in [2.45, 2.75) is 46.1 Å². The van der Waals surface area contributed by atoms with E-state index in [0.717, 1.165) is 33.5 Å². The van der Waals surface area contributed by atoms with Crippen molar-refractivity contribution < 1.29 is 10.0 Å². The first-order valence-electron chi connectivity index (χ1n) is 10.6. The van der Waals surface area contributed by atoms with Gasteiger partial charge < -0.3 is 10.1 Å². The van der Waals surface area contributed by atoms with Crippen molar-refractivity contribution in [1.82, 2.24) is 0 Å². The third-order valence-electron chi connectivity index (χ3n) is 6.14. The Hall–Kier alpha value is -3.40. The molecule has 0 radical (unpaired) electrons. The predicted molar refractivity (Wildman–Crippen MR) is 126 cm³/mol. The third kappa shape index (κ3) is 3.98. The molecule has 3 aromatic rings. The number of amides is 1. The number of rotatable bonds is 4. The summed E-state index contributed by atoms with van der Waals surface area (Å²) in [4.78, 5) is 15.0. The molecule has 0 spiro atoms. The summed E-state index contributed by atoms with van der Waals surface area (Å²) in [6.07, 6.45) is 0.451. The van der Waals surface area contributed by atoms with Gasteiger partial charge in [0, 0.05) is 23.1 Å². The molecule has 4 nitrogen and oxygen atoms in total. The van der Waals surface area contributed by atoms with E-state index >= 15 is 0 Å². The molecule has 1 amide bonds. The van der Waals surface area contributed by atoms with Crippen molar-refractivity contribution in [2.24, 2.45) is 5.16 Å². The lowest BCUT2D eigenvalue weighted by atomic mass is 9.75. The van der Waals surface area contributed by atoms with Gasteiger partial charge in [0.2, 0.25) is 5.91 Å². The molecule has 0 aromatic heterocycles. The number of carbonyl (C=O) groups excluding carboxylic acids is 1. The topological polar surface area (TPSA) is 52.9 Å². The molecule has 4 rings (SSSR count). The molecule has 0 saturated heterocycles. The van der Waals surface area contributed by atoms with E-state index in [2.05, 4.69) is 56.3 Å². The van der Waals surface area contributed by atoms with Crippen LogP contribution in [0.2, 0.25) is 0 Å². The molecule has 1 N–H and O–H groups in total. The molecule has 4 heteroatoms. The van der Waals surface area contributed by atoms with Gasteiger partial charge in [-0.1, -0.05) is 79.2 Å². The van der Waals surface area contributed by atoms with Crippen LogP contribution in [-0.2, 0) is 16.8 Å². The van der Waals surface area contributed by atoms with Crippen LogP contribution in [-0.4, -0.2) is 16.8 Å². The van der Waals surface area contributed by atoms with Crippen LogP contribution in [0.1, 0.15) is 49.4 Å². The van der Waals surface area contributed by atoms with E-state index in [4.69, 9.17) is 0 Å². The smallest absolute Gasteiger partial charge is 0.228 e. The highest BCUT2D eigenvalue weighted by molar-refractivity contribution is 6.07. The molecule has 1 heterocycles. The molecule has 0 saturated carbocycles. The van der Waals surface area contributed by atoms with Gasteiger partial charge in [0.1, 0.15) is 0 Å². The molecule has 31 heavy (non-hydrogen) atoms. The summed E-state index contributed by atoms with van der Waals surface area (Å²) in [6.45, 7) is 8.61. The standard InChI is InChI=1S/C27H28N2O2/c1-18-10-12-21(13-11-18)23-14-24-25(15-22(23)19(2)28-31)29(26(30)16-27(24,3)4)17-20-8-6-5-7-9-20/h5-15,31H,16-17H2,1-4H3. The highest BCUT2D eigenvalue weighted by Gasteiger charge is 2.37. The molecule has 1 aliphatic heterocycles. The van der Waals surface area contributed by atoms with Crippen molar-refractivity contribution in [3.05, 3.63) is 89.0 Å². The number of hydrogen-bond acceptors (Lipinski definition) is 3. The van der Waals surface area contributed by atoms with Crippen molar-refractivity contribution in [1.29, 1.82) is 0 Å². The number of carbonyl (C=O) groups is 1. The molecule has 0 unspecified atom stereocenters. The van der Waals surface area contributed by atoms with E-state index in [1.807, 2.05) is 41.3 Å². The van der Waals surface area contributed by atoms with Crippen molar-refractivity contribution in [2.75, 3.05) is 4.90 Å². The van der Waals surface area contributed by atoms with Crippen LogP contribution in [0, 0.1) is 6.92 Å². The number of benzene rings is 3. The Kier molecular flexibility index (Phi) is 5.40. The number of aryl methyl sites for hydroxylation is 1. The van der Waals surface area contributed by atoms with Gasteiger partial charge in [-0.15, -0.1) is 0 Å². The minimum atomic E-state index is -0.290. The maximum absolute atomic E-state index is 13.2. The maximum atomic E-state index is 13.2. The molecule has 0 aliphatic carbocycles. The van der Waals surface area contributed by atoms with Gasteiger partial charge in [-0.3, -0.25) is 4.79 Å². The molecule has 0 atom stereocenters. The fraction of sp³-hybridized carbons (Fsp3) is 0.259. The summed E-state index contributed by atoms with van der Waals surface area (Å²) in [5, 5.41) is 13.1. The Morgan fingerprint density at radius 1 is 1.06 bits per heavy atom. The lowest BCUT2D eigenvalue weighted by Gasteiger charge is -2.39. The van der Waals surface area contributed by atoms with Gasteiger partial charge in [-0.2, -0.15) is 0 Å². The van der Waals surface area contributed by atoms with Gasteiger partial charge >= 0.3 is 0 Å². The van der Waals surface area contributed by atoms with Crippen molar-refractivity contribution >= 4 is 17.3 Å². The van der Waals surface area contributed by atoms with Crippen LogP contribution in [0.5, 0.6) is 0 Å². The lowest BCUT2D eigenvalue weighted by Crippen LogP contribution is -2.41. The first-order chi connectivity index (χ1) is 14.8. The van der Waals surface area contributed by atoms with Crippen molar-refractivity contribution in [3.63, 3.8) is 0 Å². The van der Waals surface area contributed by atoms with Crippen LogP contribution < -0.4 is 4.90 Å². The molecule has 0 fully saturated rings. The SMILES string of the molecule is CC(=NO)c1cc2c(cc1-c1ccc(C)cc1)C(C)(C)CC(=O)N2Cc1ccccc1. The molecule has 3 aromatic carbocycles. The molecular weight excluding hydrogens is 384 g/mol. The zero-order valence-electron chi connectivity index (χ0n) is 18.5. The number of fused-ring (bicyclic) bond motifs is 1. The summed E-state index contributed by atoms with van der Waals surface area (Å²) in [7, 11) is 0. The second-order valence-electron chi connectivity index (χ2n) is 8.99. The minimum absolute atomic E-state index is 0.106. The fourth-order valence-corrected chi connectivity index (χ4v) is 4.32. The summed E-state index contributed by atoms with van der Waals surface area (Å²) < 4.78 is 0. The molecule has 158 valence electrons. The average Bonchev–Trinajstić information content (AvgIpc) is 2.76. The Balaban J connectivity index is 1.93. The van der Waals surface area contributed by atoms with Gasteiger partial charge in [-0.05, 0) is 48.2 Å². The second kappa shape index (κ2) is 8.03. The zero-order chi connectivity index (χ0) is 22.2.